The van der Waals surface area contributed by atoms with Crippen LogP contribution >= 0.6 is 0 Å². The van der Waals surface area contributed by atoms with Crippen molar-refractivity contribution < 1.29 is 14.3 Å². The number of nitrogens with two attached hydrogens (primary N) is 1. The topological polar surface area (TPSA) is 84.7 Å². The molecule has 6 nitrogen and oxygen atoms in total. The van der Waals surface area contributed by atoms with E-state index < -0.39 is 6.04 Å². The molecule has 120 valence electrons. The van der Waals surface area contributed by atoms with Gasteiger partial charge in [0.05, 0.1) is 0 Å². The number of amides is 2. The molecule has 2 rings (SSSR count). The van der Waals surface area contributed by atoms with Gasteiger partial charge in [0.15, 0.2) is 0 Å². The molecule has 0 bridgehead atoms. The first kappa shape index (κ1) is 16.5. The number of carbonyl (C=O) groups is 2. The Bertz CT molecular complexity index is 499. The lowest BCUT2D eigenvalue weighted by Gasteiger charge is -2.32. The molecule has 0 spiro atoms. The molecule has 1 aromatic rings. The lowest BCUT2D eigenvalue weighted by molar-refractivity contribution is -0.136. The van der Waals surface area contributed by atoms with Crippen molar-refractivity contribution in [3.63, 3.8) is 0 Å². The molecule has 0 aromatic heterocycles. The minimum atomic E-state index is -0.658. The Morgan fingerprint density at radius 2 is 1.95 bits per heavy atom. The first-order chi connectivity index (χ1) is 10.6. The fraction of sp³-hybridized carbons (Fsp3) is 0.500. The van der Waals surface area contributed by atoms with Crippen molar-refractivity contribution in [1.29, 1.82) is 0 Å². The number of nitrogens with zero attached hydrogens (tertiary/aromatic N) is 1. The van der Waals surface area contributed by atoms with E-state index in [0.717, 1.165) is 18.4 Å². The van der Waals surface area contributed by atoms with Crippen LogP contribution < -0.4 is 11.1 Å². The van der Waals surface area contributed by atoms with E-state index >= 15 is 0 Å². The zero-order valence-electron chi connectivity index (χ0n) is 12.8. The van der Waals surface area contributed by atoms with Crippen molar-refractivity contribution in [1.82, 2.24) is 10.2 Å². The fourth-order valence-electron chi connectivity index (χ4n) is 2.59. The van der Waals surface area contributed by atoms with E-state index in [1.807, 2.05) is 30.3 Å². The number of likely N-dealkylation sites (tertiary alicyclic amines) is 1. The molecule has 1 heterocycles. The van der Waals surface area contributed by atoms with E-state index in [1.165, 1.54) is 7.11 Å². The van der Waals surface area contributed by atoms with Crippen molar-refractivity contribution in [2.75, 3.05) is 26.8 Å². The highest BCUT2D eigenvalue weighted by molar-refractivity contribution is 5.83. The third-order valence-corrected chi connectivity index (χ3v) is 3.90. The molecule has 1 unspecified atom stereocenters. The first-order valence-electron chi connectivity index (χ1n) is 7.49. The van der Waals surface area contributed by atoms with Gasteiger partial charge in [0.25, 0.3) is 0 Å². The largest absolute Gasteiger partial charge is 0.375 e. The number of benzene rings is 1. The molecule has 1 fully saturated rings. The zero-order chi connectivity index (χ0) is 15.9. The van der Waals surface area contributed by atoms with E-state index in [9.17, 15) is 9.59 Å². The minimum absolute atomic E-state index is 0.00624. The molecule has 1 aromatic carbocycles. The number of hydrogen-bond donors (Lipinski definition) is 2. The van der Waals surface area contributed by atoms with Gasteiger partial charge in [-0.2, -0.15) is 0 Å². The molecule has 2 amide bonds. The van der Waals surface area contributed by atoms with Crippen LogP contribution in [0.5, 0.6) is 0 Å². The van der Waals surface area contributed by atoms with Crippen LogP contribution in [-0.2, 0) is 14.3 Å². The molecule has 0 aliphatic carbocycles. The van der Waals surface area contributed by atoms with E-state index in [4.69, 9.17) is 10.5 Å². The Balaban J connectivity index is 1.81. The third kappa shape index (κ3) is 4.29. The van der Waals surface area contributed by atoms with Gasteiger partial charge in [-0.1, -0.05) is 30.3 Å². The maximum absolute atomic E-state index is 12.2. The highest BCUT2D eigenvalue weighted by Gasteiger charge is 2.25. The minimum Gasteiger partial charge on any atom is -0.375 e. The highest BCUT2D eigenvalue weighted by Crippen LogP contribution is 2.14. The Morgan fingerprint density at radius 1 is 1.32 bits per heavy atom. The number of carbonyl (C=O) groups excluding carboxylic acids is 2. The van der Waals surface area contributed by atoms with Crippen molar-refractivity contribution in [3.8, 4) is 0 Å². The van der Waals surface area contributed by atoms with Crippen LogP contribution in [0.2, 0.25) is 0 Å². The number of hydrogen-bond acceptors (Lipinski definition) is 4. The smallest absolute Gasteiger partial charge is 0.248 e. The summed E-state index contributed by atoms with van der Waals surface area (Å²) in [5.74, 6) is -0.180. The molecule has 0 radical (unpaired) electrons. The standard InChI is InChI=1S/C16H23N3O3/c1-22-11-14(20)19-9-7-13(8-10-19)18-16(21)15(17)12-5-3-2-4-6-12/h2-6,13,15H,7-11,17H2,1H3,(H,18,21). The zero-order valence-corrected chi connectivity index (χ0v) is 12.8. The Morgan fingerprint density at radius 3 is 2.55 bits per heavy atom. The van der Waals surface area contributed by atoms with Crippen molar-refractivity contribution >= 4 is 11.8 Å². The predicted octanol–water partition coefficient (Wildman–Crippen LogP) is 0.440. The van der Waals surface area contributed by atoms with Crippen molar-refractivity contribution in [3.05, 3.63) is 35.9 Å². The summed E-state index contributed by atoms with van der Waals surface area (Å²) >= 11 is 0. The Kier molecular flexibility index (Phi) is 5.91. The quantitative estimate of drug-likeness (QED) is 0.827. The first-order valence-corrected chi connectivity index (χ1v) is 7.49. The number of rotatable bonds is 5. The van der Waals surface area contributed by atoms with Crippen LogP contribution in [-0.4, -0.2) is 49.6 Å². The van der Waals surface area contributed by atoms with Crippen LogP contribution in [0.3, 0.4) is 0 Å². The van der Waals surface area contributed by atoms with Crippen molar-refractivity contribution in [2.24, 2.45) is 5.73 Å². The molecule has 1 atom stereocenters. The summed E-state index contributed by atoms with van der Waals surface area (Å²) in [7, 11) is 1.51. The van der Waals surface area contributed by atoms with Crippen LogP contribution in [0, 0.1) is 0 Å². The fourth-order valence-corrected chi connectivity index (χ4v) is 2.59. The maximum atomic E-state index is 12.2. The Hall–Kier alpha value is -1.92. The monoisotopic (exact) mass is 305 g/mol. The lowest BCUT2D eigenvalue weighted by atomic mass is 10.0. The Labute approximate surface area is 130 Å². The number of nitrogens with one attached hydrogen (secondary N) is 1. The van der Waals surface area contributed by atoms with Crippen LogP contribution in [0.1, 0.15) is 24.4 Å². The molecule has 1 aliphatic rings. The van der Waals surface area contributed by atoms with Gasteiger partial charge in [-0.15, -0.1) is 0 Å². The average molecular weight is 305 g/mol. The van der Waals surface area contributed by atoms with E-state index in [1.54, 1.807) is 4.90 Å². The second-order valence-electron chi connectivity index (χ2n) is 5.49. The number of piperidine rings is 1. The van der Waals surface area contributed by atoms with Gasteiger partial charge in [0.1, 0.15) is 12.6 Å². The summed E-state index contributed by atoms with van der Waals surface area (Å²) in [4.78, 5) is 25.7. The molecule has 3 N–H and O–H groups in total. The normalized spacial score (nSPS) is 17.1. The van der Waals surface area contributed by atoms with Crippen molar-refractivity contribution in [2.45, 2.75) is 24.9 Å². The maximum Gasteiger partial charge on any atom is 0.248 e. The summed E-state index contributed by atoms with van der Waals surface area (Å²) in [6, 6.07) is 8.71. The molecule has 1 saturated heterocycles. The predicted molar refractivity (Wildman–Crippen MR) is 83.0 cm³/mol. The summed E-state index contributed by atoms with van der Waals surface area (Å²) in [5, 5.41) is 2.98. The van der Waals surface area contributed by atoms with Gasteiger partial charge < -0.3 is 20.7 Å². The summed E-state index contributed by atoms with van der Waals surface area (Å²) in [5.41, 5.74) is 6.78. The summed E-state index contributed by atoms with van der Waals surface area (Å²) in [6.07, 6.45) is 1.48. The third-order valence-electron chi connectivity index (χ3n) is 3.90. The average Bonchev–Trinajstić information content (AvgIpc) is 2.55. The second kappa shape index (κ2) is 7.91. The van der Waals surface area contributed by atoms with Crippen LogP contribution in [0.4, 0.5) is 0 Å². The van der Waals surface area contributed by atoms with Crippen LogP contribution in [0.15, 0.2) is 30.3 Å². The SMILES string of the molecule is COCC(=O)N1CCC(NC(=O)C(N)c2ccccc2)CC1. The van der Waals surface area contributed by atoms with E-state index in [2.05, 4.69) is 5.32 Å². The van der Waals surface area contributed by atoms with Crippen LogP contribution in [0.25, 0.3) is 0 Å². The van der Waals surface area contributed by atoms with Gasteiger partial charge in [-0.25, -0.2) is 0 Å². The van der Waals surface area contributed by atoms with Gasteiger partial charge in [-0.05, 0) is 18.4 Å². The van der Waals surface area contributed by atoms with Gasteiger partial charge in [0.2, 0.25) is 11.8 Å². The molecule has 22 heavy (non-hydrogen) atoms. The van der Waals surface area contributed by atoms with Gasteiger partial charge in [-0.3, -0.25) is 9.59 Å². The molecule has 1 aliphatic heterocycles. The van der Waals surface area contributed by atoms with E-state index in [0.29, 0.717) is 13.1 Å². The molecule has 0 saturated carbocycles. The number of ether oxygens (including phenoxy) is 1. The highest BCUT2D eigenvalue weighted by atomic mass is 16.5. The second-order valence-corrected chi connectivity index (χ2v) is 5.49. The lowest BCUT2D eigenvalue weighted by Crippen LogP contribution is -2.49. The molecule has 6 heteroatoms. The summed E-state index contributed by atoms with van der Waals surface area (Å²) in [6.45, 7) is 1.37. The molecular weight excluding hydrogens is 282 g/mol. The molecular formula is C16H23N3O3. The number of methoxy groups -OCH3 is 1. The van der Waals surface area contributed by atoms with Gasteiger partial charge >= 0.3 is 0 Å². The van der Waals surface area contributed by atoms with E-state index in [-0.39, 0.29) is 24.5 Å². The van der Waals surface area contributed by atoms with Gasteiger partial charge in [0, 0.05) is 26.2 Å². The summed E-state index contributed by atoms with van der Waals surface area (Å²) < 4.78 is 4.85.